The first kappa shape index (κ1) is 10.1. The number of nitrogens with zero attached hydrogens (tertiary/aromatic N) is 2. The molecule has 0 radical (unpaired) electrons. The molecule has 2 aliphatic rings. The largest absolute Gasteiger partial charge is 0.213 e. The van der Waals surface area contributed by atoms with Gasteiger partial charge in [0.05, 0.1) is 5.92 Å². The van der Waals surface area contributed by atoms with Gasteiger partial charge in [0, 0.05) is 12.8 Å². The maximum absolute atomic E-state index is 2.61. The van der Waals surface area contributed by atoms with Gasteiger partial charge in [-0.05, 0) is 21.2 Å². The molecular weight excluding hydrogens is 172 g/mol. The van der Waals surface area contributed by atoms with Crippen LogP contribution in [0.4, 0.5) is 0 Å². The Kier molecular flexibility index (Phi) is 2.40. The molecule has 2 rings (SSSR count). The zero-order chi connectivity index (χ0) is 10.3. The Bertz CT molecular complexity index is 256. The summed E-state index contributed by atoms with van der Waals surface area (Å²) < 4.78 is 5.07. The fraction of sp³-hybridized carbons (Fsp3) is 1.00. The van der Waals surface area contributed by atoms with E-state index in [2.05, 4.69) is 37.2 Å². The van der Waals surface area contributed by atoms with Gasteiger partial charge in [0.2, 0.25) is 19.1 Å². The maximum Gasteiger partial charge on any atom is 0.213 e. The Morgan fingerprint density at radius 1 is 1.07 bits per heavy atom. The minimum absolute atomic E-state index is 0.465. The number of rotatable bonds is 1. The Morgan fingerprint density at radius 3 is 2.07 bits per heavy atom. The molecule has 0 bridgehead atoms. The van der Waals surface area contributed by atoms with E-state index in [-0.39, 0.29) is 0 Å². The summed E-state index contributed by atoms with van der Waals surface area (Å²) in [6.45, 7) is 9.64. The lowest BCUT2D eigenvalue weighted by Gasteiger charge is -2.22. The molecule has 1 aliphatic carbocycles. The summed E-state index contributed by atoms with van der Waals surface area (Å²) in [6.07, 6.45) is 4.28. The van der Waals surface area contributed by atoms with Gasteiger partial charge >= 0.3 is 0 Å². The molecule has 1 fully saturated rings. The normalized spacial score (nSPS) is 29.6. The van der Waals surface area contributed by atoms with Crippen LogP contribution in [0.5, 0.6) is 0 Å². The molecule has 1 saturated carbocycles. The lowest BCUT2D eigenvalue weighted by atomic mass is 9.80. The molecule has 1 aliphatic heterocycles. The highest BCUT2D eigenvalue weighted by molar-refractivity contribution is 4.75. The molecule has 1 atom stereocenters. The third-order valence-electron chi connectivity index (χ3n) is 4.05. The molecule has 0 saturated heterocycles. The van der Waals surface area contributed by atoms with Crippen molar-refractivity contribution < 1.29 is 9.39 Å². The van der Waals surface area contributed by atoms with Crippen molar-refractivity contribution in [1.82, 2.24) is 0 Å². The van der Waals surface area contributed by atoms with Crippen LogP contribution in [0.2, 0.25) is 0 Å². The fourth-order valence-corrected chi connectivity index (χ4v) is 2.51. The zero-order valence-corrected chi connectivity index (χ0v) is 10.1. The van der Waals surface area contributed by atoms with Crippen LogP contribution in [0.1, 0.15) is 40.0 Å². The lowest BCUT2D eigenvalue weighted by molar-refractivity contribution is -1.01. The van der Waals surface area contributed by atoms with Crippen molar-refractivity contribution in [2.24, 2.45) is 11.3 Å². The maximum atomic E-state index is 2.61. The SMILES string of the molecule is C[N+]1=[N+](C2CCC2)CC(C(C)(C)C)C1. The van der Waals surface area contributed by atoms with Crippen LogP contribution in [-0.4, -0.2) is 35.6 Å². The van der Waals surface area contributed by atoms with Gasteiger partial charge in [0.1, 0.15) is 0 Å². The first-order valence-corrected chi connectivity index (χ1v) is 5.96. The molecule has 0 N–H and O–H groups in total. The summed E-state index contributed by atoms with van der Waals surface area (Å²) in [5.41, 5.74) is 0.465. The number of hydrogen-bond donors (Lipinski definition) is 0. The van der Waals surface area contributed by atoms with Crippen molar-refractivity contribution in [3.8, 4) is 0 Å². The molecular formula is C12H24N2+2. The molecule has 2 heteroatoms. The Labute approximate surface area is 87.6 Å². The Morgan fingerprint density at radius 2 is 1.71 bits per heavy atom. The lowest BCUT2D eigenvalue weighted by Crippen LogP contribution is -2.36. The molecule has 0 spiro atoms. The molecule has 0 aromatic heterocycles. The van der Waals surface area contributed by atoms with E-state index in [1.807, 2.05) is 0 Å². The summed E-state index contributed by atoms with van der Waals surface area (Å²) in [4.78, 5) is 0. The predicted octanol–water partition coefficient (Wildman–Crippen LogP) is 2.32. The van der Waals surface area contributed by atoms with Gasteiger partial charge in [-0.25, -0.2) is 0 Å². The molecule has 1 heterocycles. The summed E-state index contributed by atoms with van der Waals surface area (Å²) in [6, 6.07) is 0.868. The first-order chi connectivity index (χ1) is 6.48. The first-order valence-electron chi connectivity index (χ1n) is 5.96. The van der Waals surface area contributed by atoms with Crippen molar-refractivity contribution in [3.05, 3.63) is 0 Å². The number of azo groups is 4. The van der Waals surface area contributed by atoms with E-state index < -0.39 is 0 Å². The van der Waals surface area contributed by atoms with E-state index in [4.69, 9.17) is 0 Å². The van der Waals surface area contributed by atoms with E-state index in [1.54, 1.807) is 0 Å². The summed E-state index contributed by atoms with van der Waals surface area (Å²) in [5, 5.41) is 0. The van der Waals surface area contributed by atoms with Crippen molar-refractivity contribution in [2.45, 2.75) is 46.1 Å². The minimum Gasteiger partial charge on any atom is -0.0594 e. The second-order valence-electron chi connectivity index (χ2n) is 6.11. The van der Waals surface area contributed by atoms with Crippen molar-refractivity contribution in [1.29, 1.82) is 0 Å². The highest BCUT2D eigenvalue weighted by atomic mass is 15.4. The van der Waals surface area contributed by atoms with Crippen LogP contribution in [0.25, 0.3) is 0 Å². The average Bonchev–Trinajstić information content (AvgIpc) is 2.28. The molecule has 0 aromatic rings. The van der Waals surface area contributed by atoms with Gasteiger partial charge in [-0.3, -0.25) is 0 Å². The Balaban J connectivity index is 2.03. The average molecular weight is 196 g/mol. The van der Waals surface area contributed by atoms with Gasteiger partial charge in [-0.1, -0.05) is 20.8 Å². The van der Waals surface area contributed by atoms with E-state index >= 15 is 0 Å². The summed E-state index contributed by atoms with van der Waals surface area (Å²) in [5.74, 6) is 0.841. The highest BCUT2D eigenvalue weighted by Crippen LogP contribution is 2.32. The third-order valence-corrected chi connectivity index (χ3v) is 4.05. The quantitative estimate of drug-likeness (QED) is 0.568. The molecule has 0 aromatic carbocycles. The monoisotopic (exact) mass is 196 g/mol. The summed E-state index contributed by atoms with van der Waals surface area (Å²) >= 11 is 0. The van der Waals surface area contributed by atoms with E-state index in [0.717, 1.165) is 12.0 Å². The van der Waals surface area contributed by atoms with E-state index in [9.17, 15) is 0 Å². The predicted molar refractivity (Wildman–Crippen MR) is 56.8 cm³/mol. The topological polar surface area (TPSA) is 6.02 Å². The standard InChI is InChI=1S/C12H24N2/c1-12(2,3)10-8-13(4)14(9-10)11-6-5-7-11/h10-11H,5-9H2,1-4H3/q+2. The fourth-order valence-electron chi connectivity index (χ4n) is 2.51. The molecule has 2 nitrogen and oxygen atoms in total. The van der Waals surface area contributed by atoms with Crippen LogP contribution >= 0.6 is 0 Å². The number of hydrogen-bond acceptors (Lipinski definition) is 0. The molecule has 80 valence electrons. The van der Waals surface area contributed by atoms with Gasteiger partial charge in [0.15, 0.2) is 7.05 Å². The van der Waals surface area contributed by atoms with Gasteiger partial charge < -0.3 is 0 Å². The van der Waals surface area contributed by atoms with Crippen LogP contribution in [-0.2, 0) is 0 Å². The van der Waals surface area contributed by atoms with Crippen LogP contribution < -0.4 is 0 Å². The highest BCUT2D eigenvalue weighted by Gasteiger charge is 2.46. The summed E-state index contributed by atoms with van der Waals surface area (Å²) in [7, 11) is 2.25. The van der Waals surface area contributed by atoms with Crippen molar-refractivity contribution in [2.75, 3.05) is 20.1 Å². The van der Waals surface area contributed by atoms with E-state index in [0.29, 0.717) is 5.41 Å². The van der Waals surface area contributed by atoms with Crippen LogP contribution in [0.3, 0.4) is 0 Å². The van der Waals surface area contributed by atoms with Crippen LogP contribution in [0, 0.1) is 11.3 Å². The second kappa shape index (κ2) is 3.32. The van der Waals surface area contributed by atoms with E-state index in [1.165, 1.54) is 32.4 Å². The third kappa shape index (κ3) is 1.71. The van der Waals surface area contributed by atoms with Gasteiger partial charge in [-0.15, -0.1) is 0 Å². The molecule has 0 amide bonds. The molecule has 14 heavy (non-hydrogen) atoms. The Hall–Kier alpha value is -0.400. The second-order valence-corrected chi connectivity index (χ2v) is 6.11. The van der Waals surface area contributed by atoms with Crippen molar-refractivity contribution >= 4 is 0 Å². The zero-order valence-electron chi connectivity index (χ0n) is 10.1. The van der Waals surface area contributed by atoms with Crippen molar-refractivity contribution in [3.63, 3.8) is 0 Å². The van der Waals surface area contributed by atoms with Crippen LogP contribution in [0.15, 0.2) is 0 Å². The molecule has 1 unspecified atom stereocenters. The van der Waals surface area contributed by atoms with Gasteiger partial charge in [0.25, 0.3) is 0 Å². The van der Waals surface area contributed by atoms with Gasteiger partial charge in [-0.2, -0.15) is 0 Å². The minimum atomic E-state index is 0.465. The smallest absolute Gasteiger partial charge is 0.0594 e.